The van der Waals surface area contributed by atoms with Crippen molar-refractivity contribution in [1.82, 2.24) is 4.90 Å². The molecule has 0 aliphatic carbocycles. The smallest absolute Gasteiger partial charge is 0.323 e. The van der Waals surface area contributed by atoms with Crippen LogP contribution in [0, 0.1) is 0 Å². The Morgan fingerprint density at radius 3 is 2.60 bits per heavy atom. The van der Waals surface area contributed by atoms with E-state index in [0.717, 1.165) is 24.2 Å². The predicted octanol–water partition coefficient (Wildman–Crippen LogP) is 2.86. The summed E-state index contributed by atoms with van der Waals surface area (Å²) in [5.41, 5.74) is 1.07. The third-order valence-corrected chi connectivity index (χ3v) is 3.27. The zero-order valence-corrected chi connectivity index (χ0v) is 12.9. The summed E-state index contributed by atoms with van der Waals surface area (Å²) in [5, 5.41) is 0. The molecule has 4 nitrogen and oxygen atoms in total. The van der Waals surface area contributed by atoms with Crippen LogP contribution in [0.4, 0.5) is 0 Å². The van der Waals surface area contributed by atoms with Crippen molar-refractivity contribution >= 4 is 5.97 Å². The van der Waals surface area contributed by atoms with E-state index in [9.17, 15) is 4.79 Å². The molecule has 112 valence electrons. The fourth-order valence-electron chi connectivity index (χ4n) is 2.24. The van der Waals surface area contributed by atoms with Crippen molar-refractivity contribution in [2.75, 3.05) is 20.8 Å². The first-order chi connectivity index (χ1) is 9.63. The van der Waals surface area contributed by atoms with E-state index < -0.39 is 0 Å². The van der Waals surface area contributed by atoms with Gasteiger partial charge < -0.3 is 9.47 Å². The molecule has 0 heterocycles. The molecule has 20 heavy (non-hydrogen) atoms. The summed E-state index contributed by atoms with van der Waals surface area (Å²) >= 11 is 0. The Kier molecular flexibility index (Phi) is 7.09. The molecule has 0 N–H and O–H groups in total. The normalized spacial score (nSPS) is 12.2. The standard InChI is InChI=1S/C16H25NO3/c1-5-9-14(16(18)20-6-2)17(3)12-13-10-7-8-11-15(13)19-4/h7-8,10-11,14H,5-6,9,12H2,1-4H3. The van der Waals surface area contributed by atoms with E-state index in [1.54, 1.807) is 7.11 Å². The highest BCUT2D eigenvalue weighted by molar-refractivity contribution is 5.75. The lowest BCUT2D eigenvalue weighted by atomic mass is 10.1. The van der Waals surface area contributed by atoms with Crippen LogP contribution in [0.15, 0.2) is 24.3 Å². The first-order valence-electron chi connectivity index (χ1n) is 7.12. The predicted molar refractivity (Wildman–Crippen MR) is 79.8 cm³/mol. The van der Waals surface area contributed by atoms with Crippen LogP contribution in [0.1, 0.15) is 32.3 Å². The molecular weight excluding hydrogens is 254 g/mol. The molecule has 0 aliphatic rings. The second-order valence-electron chi connectivity index (χ2n) is 4.78. The zero-order valence-electron chi connectivity index (χ0n) is 12.9. The van der Waals surface area contributed by atoms with Crippen LogP contribution < -0.4 is 4.74 Å². The first kappa shape index (κ1) is 16.5. The molecular formula is C16H25NO3. The number of benzene rings is 1. The van der Waals surface area contributed by atoms with E-state index in [1.165, 1.54) is 0 Å². The van der Waals surface area contributed by atoms with Gasteiger partial charge in [-0.2, -0.15) is 0 Å². The highest BCUT2D eigenvalue weighted by atomic mass is 16.5. The Labute approximate surface area is 121 Å². The molecule has 1 unspecified atom stereocenters. The second kappa shape index (κ2) is 8.59. The molecule has 1 rings (SSSR count). The molecule has 0 aromatic heterocycles. The molecule has 0 amide bonds. The van der Waals surface area contributed by atoms with Gasteiger partial charge in [-0.05, 0) is 26.5 Å². The van der Waals surface area contributed by atoms with Crippen LogP contribution in [0.5, 0.6) is 5.75 Å². The molecule has 1 atom stereocenters. The van der Waals surface area contributed by atoms with Crippen molar-refractivity contribution in [2.24, 2.45) is 0 Å². The maximum atomic E-state index is 12.0. The maximum absolute atomic E-state index is 12.0. The third-order valence-electron chi connectivity index (χ3n) is 3.27. The maximum Gasteiger partial charge on any atom is 0.323 e. The number of ether oxygens (including phenoxy) is 2. The molecule has 0 fully saturated rings. The minimum Gasteiger partial charge on any atom is -0.496 e. The van der Waals surface area contributed by atoms with Gasteiger partial charge in [0.15, 0.2) is 0 Å². The van der Waals surface area contributed by atoms with Gasteiger partial charge in [0.1, 0.15) is 11.8 Å². The molecule has 0 bridgehead atoms. The van der Waals surface area contributed by atoms with E-state index in [-0.39, 0.29) is 12.0 Å². The fourth-order valence-corrected chi connectivity index (χ4v) is 2.24. The number of hydrogen-bond donors (Lipinski definition) is 0. The van der Waals surface area contributed by atoms with Gasteiger partial charge in [-0.1, -0.05) is 31.5 Å². The number of hydrogen-bond acceptors (Lipinski definition) is 4. The lowest BCUT2D eigenvalue weighted by Gasteiger charge is -2.26. The van der Waals surface area contributed by atoms with Gasteiger partial charge in [0.2, 0.25) is 0 Å². The molecule has 0 aliphatic heterocycles. The first-order valence-corrected chi connectivity index (χ1v) is 7.12. The van der Waals surface area contributed by atoms with Gasteiger partial charge in [0, 0.05) is 12.1 Å². The number of likely N-dealkylation sites (N-methyl/N-ethyl adjacent to an activating group) is 1. The molecule has 1 aromatic carbocycles. The van der Waals surface area contributed by atoms with Crippen molar-refractivity contribution in [3.63, 3.8) is 0 Å². The summed E-state index contributed by atoms with van der Waals surface area (Å²) in [6.45, 7) is 4.99. The van der Waals surface area contributed by atoms with Crippen molar-refractivity contribution in [1.29, 1.82) is 0 Å². The number of methoxy groups -OCH3 is 1. The van der Waals surface area contributed by atoms with Crippen LogP contribution in [0.2, 0.25) is 0 Å². The monoisotopic (exact) mass is 279 g/mol. The van der Waals surface area contributed by atoms with Crippen molar-refractivity contribution in [3.8, 4) is 5.75 Å². The van der Waals surface area contributed by atoms with Gasteiger partial charge in [0.25, 0.3) is 0 Å². The zero-order chi connectivity index (χ0) is 15.0. The van der Waals surface area contributed by atoms with E-state index in [0.29, 0.717) is 13.2 Å². The summed E-state index contributed by atoms with van der Waals surface area (Å²) in [4.78, 5) is 14.1. The molecule has 0 saturated carbocycles. The van der Waals surface area contributed by atoms with Gasteiger partial charge in [-0.15, -0.1) is 0 Å². The van der Waals surface area contributed by atoms with E-state index in [2.05, 4.69) is 6.92 Å². The van der Waals surface area contributed by atoms with Crippen molar-refractivity contribution in [3.05, 3.63) is 29.8 Å². The quantitative estimate of drug-likeness (QED) is 0.686. The number of para-hydroxylation sites is 1. The third kappa shape index (κ3) is 4.53. The molecule has 4 heteroatoms. The lowest BCUT2D eigenvalue weighted by molar-refractivity contribution is -0.149. The highest BCUT2D eigenvalue weighted by Crippen LogP contribution is 2.20. The number of rotatable bonds is 8. The second-order valence-corrected chi connectivity index (χ2v) is 4.78. The Morgan fingerprint density at radius 1 is 1.30 bits per heavy atom. The fraction of sp³-hybridized carbons (Fsp3) is 0.562. The number of carbonyl (C=O) groups excluding carboxylic acids is 1. The van der Waals surface area contributed by atoms with E-state index in [1.807, 2.05) is 43.1 Å². The van der Waals surface area contributed by atoms with Gasteiger partial charge in [-0.3, -0.25) is 9.69 Å². The SMILES string of the molecule is CCCC(C(=O)OCC)N(C)Cc1ccccc1OC. The van der Waals surface area contributed by atoms with Crippen LogP contribution in [0.3, 0.4) is 0 Å². The largest absolute Gasteiger partial charge is 0.496 e. The minimum absolute atomic E-state index is 0.147. The summed E-state index contributed by atoms with van der Waals surface area (Å²) in [6, 6.07) is 7.67. The van der Waals surface area contributed by atoms with Gasteiger partial charge >= 0.3 is 5.97 Å². The lowest BCUT2D eigenvalue weighted by Crippen LogP contribution is -2.39. The molecule has 0 saturated heterocycles. The van der Waals surface area contributed by atoms with Crippen LogP contribution in [-0.4, -0.2) is 37.7 Å². The Balaban J connectivity index is 2.79. The Hall–Kier alpha value is -1.55. The van der Waals surface area contributed by atoms with E-state index >= 15 is 0 Å². The van der Waals surface area contributed by atoms with Crippen LogP contribution in [0.25, 0.3) is 0 Å². The summed E-state index contributed by atoms with van der Waals surface area (Å²) < 4.78 is 10.5. The summed E-state index contributed by atoms with van der Waals surface area (Å²) in [5.74, 6) is 0.699. The molecule has 1 aromatic rings. The summed E-state index contributed by atoms with van der Waals surface area (Å²) in [6.07, 6.45) is 1.74. The number of esters is 1. The minimum atomic E-state index is -0.204. The summed E-state index contributed by atoms with van der Waals surface area (Å²) in [7, 11) is 3.61. The van der Waals surface area contributed by atoms with Gasteiger partial charge in [-0.25, -0.2) is 0 Å². The average Bonchev–Trinajstić information content (AvgIpc) is 2.45. The van der Waals surface area contributed by atoms with Crippen molar-refractivity contribution < 1.29 is 14.3 Å². The average molecular weight is 279 g/mol. The van der Waals surface area contributed by atoms with Crippen LogP contribution >= 0.6 is 0 Å². The van der Waals surface area contributed by atoms with Gasteiger partial charge in [0.05, 0.1) is 13.7 Å². The Bertz CT molecular complexity index is 420. The number of carbonyl (C=O) groups is 1. The molecule has 0 radical (unpaired) electrons. The van der Waals surface area contributed by atoms with Crippen LogP contribution in [-0.2, 0) is 16.1 Å². The molecule has 0 spiro atoms. The number of nitrogens with zero attached hydrogens (tertiary/aromatic N) is 1. The van der Waals surface area contributed by atoms with E-state index in [4.69, 9.17) is 9.47 Å². The Morgan fingerprint density at radius 2 is 2.00 bits per heavy atom. The van der Waals surface area contributed by atoms with Crippen molar-refractivity contribution in [2.45, 2.75) is 39.3 Å². The topological polar surface area (TPSA) is 38.8 Å². The highest BCUT2D eigenvalue weighted by Gasteiger charge is 2.24.